The summed E-state index contributed by atoms with van der Waals surface area (Å²) in [5, 5.41) is 0. The van der Waals surface area contributed by atoms with Crippen molar-refractivity contribution in [3.8, 4) is 0 Å². The molecule has 1 aliphatic heterocycles. The minimum absolute atomic E-state index is 0.182. The normalized spacial score (nSPS) is 16.1. The predicted molar refractivity (Wildman–Crippen MR) is 102 cm³/mol. The molecule has 0 aliphatic carbocycles. The number of hydrogen-bond donors (Lipinski definition) is 0. The first-order valence-electron chi connectivity index (χ1n) is 8.02. The van der Waals surface area contributed by atoms with Crippen LogP contribution in [0.4, 0.5) is 4.39 Å². The van der Waals surface area contributed by atoms with Crippen LogP contribution in [0.15, 0.2) is 47.5 Å². The fourth-order valence-electron chi connectivity index (χ4n) is 2.87. The van der Waals surface area contributed by atoms with E-state index in [1.54, 1.807) is 18.2 Å². The maximum absolute atomic E-state index is 13.2. The van der Waals surface area contributed by atoms with Crippen LogP contribution >= 0.6 is 12.2 Å². The van der Waals surface area contributed by atoms with Gasteiger partial charge in [0, 0.05) is 11.1 Å². The molecule has 3 rings (SSSR count). The number of amides is 1. The van der Waals surface area contributed by atoms with Crippen LogP contribution < -0.4 is 0 Å². The quantitative estimate of drug-likeness (QED) is 0.747. The van der Waals surface area contributed by atoms with Gasteiger partial charge >= 0.3 is 0 Å². The van der Waals surface area contributed by atoms with Gasteiger partial charge in [-0.3, -0.25) is 14.7 Å². The summed E-state index contributed by atoms with van der Waals surface area (Å²) < 4.78 is 13.2. The molecule has 25 heavy (non-hydrogen) atoms. The fraction of sp³-hybridized carbons (Fsp3) is 0.250. The van der Waals surface area contributed by atoms with Crippen molar-refractivity contribution < 1.29 is 9.18 Å². The summed E-state index contributed by atoms with van der Waals surface area (Å²) in [6.07, 6.45) is 0. The molecule has 2 aromatic rings. The summed E-state index contributed by atoms with van der Waals surface area (Å²) in [6.45, 7) is 7.66. The number of thiocarbonyl (C=S) groups is 1. The summed E-state index contributed by atoms with van der Waals surface area (Å²) in [4.78, 5) is 19.6. The first-order valence-corrected chi connectivity index (χ1v) is 8.43. The molecule has 0 N–H and O–H groups in total. The second kappa shape index (κ2) is 6.15. The molecule has 3 nitrogen and oxygen atoms in total. The van der Waals surface area contributed by atoms with Crippen molar-refractivity contribution in [2.75, 3.05) is 0 Å². The average molecular weight is 354 g/mol. The zero-order chi connectivity index (χ0) is 18.4. The summed E-state index contributed by atoms with van der Waals surface area (Å²) in [5.74, 6) is -0.505. The van der Waals surface area contributed by atoms with Gasteiger partial charge in [-0.05, 0) is 75.2 Å². The molecule has 0 fully saturated rings. The Morgan fingerprint density at radius 2 is 1.72 bits per heavy atom. The number of carbonyl (C=O) groups is 1. The van der Waals surface area contributed by atoms with Gasteiger partial charge in [0.1, 0.15) is 22.2 Å². The number of aliphatic imine (C=N–C) groups is 1. The zero-order valence-electron chi connectivity index (χ0n) is 14.6. The van der Waals surface area contributed by atoms with Crippen molar-refractivity contribution in [3.05, 3.63) is 70.5 Å². The van der Waals surface area contributed by atoms with E-state index in [1.807, 2.05) is 39.8 Å². The second-order valence-corrected chi connectivity index (χ2v) is 7.09. The standard InChI is InChI=1S/C20H19FN2OS/c1-12-5-6-15(11-13(12)2)18(24)23-19(25)17(22-20(23,3)4)14-7-9-16(21)10-8-14/h5-11H,1-4H3. The van der Waals surface area contributed by atoms with Crippen LogP contribution in [0.1, 0.15) is 40.9 Å². The lowest BCUT2D eigenvalue weighted by Crippen LogP contribution is -2.46. The van der Waals surface area contributed by atoms with Crippen LogP contribution in [0.3, 0.4) is 0 Å². The number of carbonyl (C=O) groups excluding carboxylic acids is 1. The molecule has 5 heteroatoms. The fourth-order valence-corrected chi connectivity index (χ4v) is 3.34. The molecule has 1 aliphatic rings. The van der Waals surface area contributed by atoms with E-state index >= 15 is 0 Å². The maximum Gasteiger partial charge on any atom is 0.260 e. The summed E-state index contributed by atoms with van der Waals surface area (Å²) >= 11 is 5.54. The maximum atomic E-state index is 13.2. The molecular weight excluding hydrogens is 335 g/mol. The molecule has 1 heterocycles. The highest BCUT2D eigenvalue weighted by atomic mass is 32.1. The van der Waals surface area contributed by atoms with E-state index in [4.69, 9.17) is 12.2 Å². The van der Waals surface area contributed by atoms with Gasteiger partial charge in [0.05, 0.1) is 0 Å². The molecular formula is C20H19FN2OS. The second-order valence-electron chi connectivity index (χ2n) is 6.71. The van der Waals surface area contributed by atoms with Gasteiger partial charge in [-0.2, -0.15) is 0 Å². The van der Waals surface area contributed by atoms with E-state index in [9.17, 15) is 9.18 Å². The first-order chi connectivity index (χ1) is 11.7. The monoisotopic (exact) mass is 354 g/mol. The van der Waals surface area contributed by atoms with E-state index in [0.29, 0.717) is 21.8 Å². The summed E-state index contributed by atoms with van der Waals surface area (Å²) in [5.41, 5.74) is 3.20. The minimum Gasteiger partial charge on any atom is -0.272 e. The Balaban J connectivity index is 1.98. The molecule has 1 amide bonds. The predicted octanol–water partition coefficient (Wildman–Crippen LogP) is 4.45. The zero-order valence-corrected chi connectivity index (χ0v) is 15.4. The van der Waals surface area contributed by atoms with Gasteiger partial charge in [-0.15, -0.1) is 0 Å². The molecule has 0 radical (unpaired) electrons. The van der Waals surface area contributed by atoms with Gasteiger partial charge in [0.25, 0.3) is 5.91 Å². The van der Waals surface area contributed by atoms with Gasteiger partial charge < -0.3 is 0 Å². The Kier molecular flexibility index (Phi) is 4.29. The SMILES string of the molecule is Cc1ccc(C(=O)N2C(=S)C(c3ccc(F)cc3)=NC2(C)C)cc1C. The highest BCUT2D eigenvalue weighted by Crippen LogP contribution is 2.29. The largest absolute Gasteiger partial charge is 0.272 e. The topological polar surface area (TPSA) is 32.7 Å². The minimum atomic E-state index is -0.795. The Morgan fingerprint density at radius 3 is 2.32 bits per heavy atom. The average Bonchev–Trinajstić information content (AvgIpc) is 2.79. The van der Waals surface area contributed by atoms with Gasteiger partial charge in [-0.1, -0.05) is 18.3 Å². The summed E-state index contributed by atoms with van der Waals surface area (Å²) in [6, 6.07) is 11.6. The van der Waals surface area contributed by atoms with Crippen molar-refractivity contribution in [1.29, 1.82) is 0 Å². The number of benzene rings is 2. The Hall–Kier alpha value is -2.40. The highest BCUT2D eigenvalue weighted by Gasteiger charge is 2.42. The van der Waals surface area contributed by atoms with Crippen LogP contribution in [0.5, 0.6) is 0 Å². The van der Waals surface area contributed by atoms with Crippen molar-refractivity contribution in [2.24, 2.45) is 4.99 Å². The van der Waals surface area contributed by atoms with Crippen molar-refractivity contribution in [1.82, 2.24) is 4.90 Å². The third-order valence-electron chi connectivity index (χ3n) is 4.41. The lowest BCUT2D eigenvalue weighted by Gasteiger charge is -2.29. The Bertz CT molecular complexity index is 900. The Morgan fingerprint density at radius 1 is 1.08 bits per heavy atom. The van der Waals surface area contributed by atoms with Crippen LogP contribution in [-0.2, 0) is 0 Å². The number of nitrogens with zero attached hydrogens (tertiary/aromatic N) is 2. The lowest BCUT2D eigenvalue weighted by atomic mass is 10.0. The smallest absolute Gasteiger partial charge is 0.260 e. The van der Waals surface area contributed by atoms with Crippen molar-refractivity contribution in [3.63, 3.8) is 0 Å². The van der Waals surface area contributed by atoms with Gasteiger partial charge in [-0.25, -0.2) is 4.39 Å². The molecule has 0 aromatic heterocycles. The van der Waals surface area contributed by atoms with E-state index < -0.39 is 5.66 Å². The molecule has 128 valence electrons. The molecule has 2 aromatic carbocycles. The van der Waals surface area contributed by atoms with Crippen LogP contribution in [0.25, 0.3) is 0 Å². The van der Waals surface area contributed by atoms with E-state index in [2.05, 4.69) is 4.99 Å². The van der Waals surface area contributed by atoms with Gasteiger partial charge in [0.2, 0.25) is 0 Å². The number of aryl methyl sites for hydroxylation is 2. The molecule has 0 bridgehead atoms. The summed E-state index contributed by atoms with van der Waals surface area (Å²) in [7, 11) is 0. The number of hydrogen-bond acceptors (Lipinski definition) is 3. The Labute approximate surface area is 152 Å². The molecule has 0 saturated carbocycles. The van der Waals surface area contributed by atoms with Crippen LogP contribution in [0.2, 0.25) is 0 Å². The highest BCUT2D eigenvalue weighted by molar-refractivity contribution is 7.82. The van der Waals surface area contributed by atoms with Gasteiger partial charge in [0.15, 0.2) is 0 Å². The molecule has 0 atom stereocenters. The van der Waals surface area contributed by atoms with E-state index in [0.717, 1.165) is 11.1 Å². The van der Waals surface area contributed by atoms with E-state index in [1.165, 1.54) is 17.0 Å². The molecule has 0 unspecified atom stereocenters. The first kappa shape index (κ1) is 17.4. The lowest BCUT2D eigenvalue weighted by molar-refractivity contribution is 0.0758. The third kappa shape index (κ3) is 3.12. The van der Waals surface area contributed by atoms with Crippen LogP contribution in [-0.4, -0.2) is 27.2 Å². The van der Waals surface area contributed by atoms with Crippen LogP contribution in [0, 0.1) is 19.7 Å². The molecule has 0 saturated heterocycles. The van der Waals surface area contributed by atoms with E-state index in [-0.39, 0.29) is 11.7 Å². The van der Waals surface area contributed by atoms with Crippen molar-refractivity contribution in [2.45, 2.75) is 33.4 Å². The number of halogens is 1. The van der Waals surface area contributed by atoms with Crippen molar-refractivity contribution >= 4 is 28.8 Å². The molecule has 0 spiro atoms. The third-order valence-corrected chi connectivity index (χ3v) is 4.79. The number of rotatable bonds is 2.